The summed E-state index contributed by atoms with van der Waals surface area (Å²) in [5.74, 6) is 2.06. The highest BCUT2D eigenvalue weighted by Gasteiger charge is 2.17. The molecular formula is C11H15NOS. The Balaban J connectivity index is 1.93. The first-order valence-corrected chi connectivity index (χ1v) is 5.89. The predicted molar refractivity (Wildman–Crippen MR) is 60.9 cm³/mol. The Morgan fingerprint density at radius 2 is 2.21 bits per heavy atom. The van der Waals surface area contributed by atoms with Gasteiger partial charge in [0.25, 0.3) is 0 Å². The van der Waals surface area contributed by atoms with Crippen molar-refractivity contribution in [3.05, 3.63) is 29.8 Å². The SMILES string of the molecule is COc1ccccc1CSC1CNC1. The fourth-order valence-electron chi connectivity index (χ4n) is 1.41. The van der Waals surface area contributed by atoms with Gasteiger partial charge in [0.05, 0.1) is 7.11 Å². The van der Waals surface area contributed by atoms with Crippen molar-refractivity contribution in [1.29, 1.82) is 0 Å². The summed E-state index contributed by atoms with van der Waals surface area (Å²) >= 11 is 2.00. The van der Waals surface area contributed by atoms with Gasteiger partial charge in [-0.15, -0.1) is 0 Å². The third-order valence-corrected chi connectivity index (χ3v) is 3.69. The fourth-order valence-corrected chi connectivity index (χ4v) is 2.54. The molecule has 0 saturated carbocycles. The van der Waals surface area contributed by atoms with Crippen LogP contribution in [0.15, 0.2) is 24.3 Å². The number of ether oxygens (including phenoxy) is 1. The van der Waals surface area contributed by atoms with Crippen LogP contribution in [0.2, 0.25) is 0 Å². The molecule has 1 aromatic carbocycles. The summed E-state index contributed by atoms with van der Waals surface area (Å²) in [6.07, 6.45) is 0. The maximum Gasteiger partial charge on any atom is 0.122 e. The normalized spacial score (nSPS) is 16.4. The number of methoxy groups -OCH3 is 1. The Morgan fingerprint density at radius 1 is 1.43 bits per heavy atom. The second-order valence-electron chi connectivity index (χ2n) is 3.40. The molecule has 14 heavy (non-hydrogen) atoms. The highest BCUT2D eigenvalue weighted by atomic mass is 32.2. The summed E-state index contributed by atoms with van der Waals surface area (Å²) < 4.78 is 5.30. The monoisotopic (exact) mass is 209 g/mol. The zero-order chi connectivity index (χ0) is 9.80. The van der Waals surface area contributed by atoms with Crippen molar-refractivity contribution in [3.63, 3.8) is 0 Å². The second-order valence-corrected chi connectivity index (χ2v) is 4.69. The number of benzene rings is 1. The molecule has 0 bridgehead atoms. The Morgan fingerprint density at radius 3 is 2.86 bits per heavy atom. The third-order valence-electron chi connectivity index (χ3n) is 2.41. The standard InChI is InChI=1S/C11H15NOS/c1-13-11-5-3-2-4-9(11)8-14-10-6-12-7-10/h2-5,10,12H,6-8H2,1H3. The zero-order valence-electron chi connectivity index (χ0n) is 8.32. The number of hydrogen-bond acceptors (Lipinski definition) is 3. The molecule has 76 valence electrons. The van der Waals surface area contributed by atoms with Crippen LogP contribution < -0.4 is 10.1 Å². The lowest BCUT2D eigenvalue weighted by Gasteiger charge is -2.26. The molecule has 1 saturated heterocycles. The van der Waals surface area contributed by atoms with Crippen LogP contribution in [-0.2, 0) is 5.75 Å². The van der Waals surface area contributed by atoms with E-state index in [1.54, 1.807) is 7.11 Å². The molecule has 0 aromatic heterocycles. The van der Waals surface area contributed by atoms with E-state index in [-0.39, 0.29) is 0 Å². The molecule has 1 heterocycles. The summed E-state index contributed by atoms with van der Waals surface area (Å²) in [7, 11) is 1.73. The molecule has 0 radical (unpaired) electrons. The maximum absolute atomic E-state index is 5.30. The quantitative estimate of drug-likeness (QED) is 0.818. The van der Waals surface area contributed by atoms with Crippen LogP contribution in [-0.4, -0.2) is 25.4 Å². The van der Waals surface area contributed by atoms with Crippen LogP contribution in [0, 0.1) is 0 Å². The highest BCUT2D eigenvalue weighted by Crippen LogP contribution is 2.26. The van der Waals surface area contributed by atoms with Crippen LogP contribution in [0.4, 0.5) is 0 Å². The molecule has 1 aromatic rings. The van der Waals surface area contributed by atoms with Gasteiger partial charge in [0.2, 0.25) is 0 Å². The van der Waals surface area contributed by atoms with E-state index in [9.17, 15) is 0 Å². The van der Waals surface area contributed by atoms with Crippen LogP contribution in [0.5, 0.6) is 5.75 Å². The molecule has 0 unspecified atom stereocenters. The van der Waals surface area contributed by atoms with Crippen molar-refractivity contribution >= 4 is 11.8 Å². The lowest BCUT2D eigenvalue weighted by Crippen LogP contribution is -2.44. The second kappa shape index (κ2) is 4.71. The first kappa shape index (κ1) is 9.87. The van der Waals surface area contributed by atoms with Gasteiger partial charge in [-0.25, -0.2) is 0 Å². The molecule has 3 heteroatoms. The van der Waals surface area contributed by atoms with Crippen LogP contribution in [0.3, 0.4) is 0 Å². The molecule has 1 aliphatic heterocycles. The first-order valence-electron chi connectivity index (χ1n) is 4.84. The summed E-state index contributed by atoms with van der Waals surface area (Å²) in [5.41, 5.74) is 1.30. The summed E-state index contributed by atoms with van der Waals surface area (Å²) in [6, 6.07) is 8.24. The summed E-state index contributed by atoms with van der Waals surface area (Å²) in [6.45, 7) is 2.31. The van der Waals surface area contributed by atoms with Crippen molar-refractivity contribution in [1.82, 2.24) is 5.32 Å². The topological polar surface area (TPSA) is 21.3 Å². The van der Waals surface area contributed by atoms with E-state index in [2.05, 4.69) is 17.4 Å². The molecule has 0 aliphatic carbocycles. The summed E-state index contributed by atoms with van der Waals surface area (Å²) in [5, 5.41) is 4.07. The lowest BCUT2D eigenvalue weighted by molar-refractivity contribution is 0.411. The van der Waals surface area contributed by atoms with Crippen molar-refractivity contribution in [2.45, 2.75) is 11.0 Å². The molecule has 1 N–H and O–H groups in total. The van der Waals surface area contributed by atoms with E-state index in [1.807, 2.05) is 23.9 Å². The molecule has 0 spiro atoms. The average molecular weight is 209 g/mol. The van der Waals surface area contributed by atoms with Gasteiger partial charge in [-0.3, -0.25) is 0 Å². The predicted octanol–water partition coefficient (Wildman–Crippen LogP) is 1.90. The molecule has 1 fully saturated rings. The Kier molecular flexibility index (Phi) is 3.32. The molecule has 0 atom stereocenters. The van der Waals surface area contributed by atoms with E-state index in [0.717, 1.165) is 29.8 Å². The molecular weight excluding hydrogens is 194 g/mol. The van der Waals surface area contributed by atoms with Gasteiger partial charge in [0.15, 0.2) is 0 Å². The minimum absolute atomic E-state index is 0.792. The largest absolute Gasteiger partial charge is 0.496 e. The first-order chi connectivity index (χ1) is 6.90. The van der Waals surface area contributed by atoms with Crippen molar-refractivity contribution in [2.24, 2.45) is 0 Å². The minimum Gasteiger partial charge on any atom is -0.496 e. The van der Waals surface area contributed by atoms with E-state index < -0.39 is 0 Å². The van der Waals surface area contributed by atoms with Gasteiger partial charge >= 0.3 is 0 Å². The van der Waals surface area contributed by atoms with E-state index in [4.69, 9.17) is 4.74 Å². The highest BCUT2D eigenvalue weighted by molar-refractivity contribution is 7.99. The Hall–Kier alpha value is -0.670. The average Bonchev–Trinajstić information content (AvgIpc) is 2.16. The van der Waals surface area contributed by atoms with Gasteiger partial charge in [-0.05, 0) is 6.07 Å². The van der Waals surface area contributed by atoms with Crippen LogP contribution in [0.1, 0.15) is 5.56 Å². The molecule has 0 amide bonds. The minimum atomic E-state index is 0.792. The molecule has 1 aliphatic rings. The Bertz CT molecular complexity index is 299. The van der Waals surface area contributed by atoms with Crippen molar-refractivity contribution < 1.29 is 4.74 Å². The maximum atomic E-state index is 5.30. The Labute approximate surface area is 89.0 Å². The molecule has 2 rings (SSSR count). The van der Waals surface area contributed by atoms with Gasteiger partial charge in [-0.1, -0.05) is 18.2 Å². The van der Waals surface area contributed by atoms with Crippen LogP contribution in [0.25, 0.3) is 0 Å². The van der Waals surface area contributed by atoms with Gasteiger partial charge < -0.3 is 10.1 Å². The van der Waals surface area contributed by atoms with Crippen molar-refractivity contribution in [3.8, 4) is 5.75 Å². The van der Waals surface area contributed by atoms with E-state index in [1.165, 1.54) is 5.56 Å². The fraction of sp³-hybridized carbons (Fsp3) is 0.455. The number of hydrogen-bond donors (Lipinski definition) is 1. The summed E-state index contributed by atoms with van der Waals surface area (Å²) in [4.78, 5) is 0. The van der Waals surface area contributed by atoms with Crippen LogP contribution >= 0.6 is 11.8 Å². The number of para-hydroxylation sites is 1. The van der Waals surface area contributed by atoms with E-state index in [0.29, 0.717) is 0 Å². The van der Waals surface area contributed by atoms with Gasteiger partial charge in [-0.2, -0.15) is 11.8 Å². The van der Waals surface area contributed by atoms with Gasteiger partial charge in [0, 0.05) is 29.7 Å². The number of rotatable bonds is 4. The third kappa shape index (κ3) is 2.22. The molecule has 2 nitrogen and oxygen atoms in total. The van der Waals surface area contributed by atoms with E-state index >= 15 is 0 Å². The lowest BCUT2D eigenvalue weighted by atomic mass is 10.2. The van der Waals surface area contributed by atoms with Gasteiger partial charge in [0.1, 0.15) is 5.75 Å². The number of nitrogens with one attached hydrogen (secondary N) is 1. The smallest absolute Gasteiger partial charge is 0.122 e. The van der Waals surface area contributed by atoms with Crippen molar-refractivity contribution in [2.75, 3.05) is 20.2 Å². The number of thioether (sulfide) groups is 1. The zero-order valence-corrected chi connectivity index (χ0v) is 9.14.